The second kappa shape index (κ2) is 7.37. The molecule has 2 N–H and O–H groups in total. The normalized spacial score (nSPS) is 9.70. The first-order valence-corrected chi connectivity index (χ1v) is 6.82. The van der Waals surface area contributed by atoms with Crippen LogP contribution < -0.4 is 10.5 Å². The Bertz CT molecular complexity index is 623. The maximum Gasteiger partial charge on any atom is 0.120 e. The molecule has 20 heavy (non-hydrogen) atoms. The van der Waals surface area contributed by atoms with E-state index in [-0.39, 0.29) is 0 Å². The van der Waals surface area contributed by atoms with E-state index in [1.165, 1.54) is 5.56 Å². The molecule has 0 atom stereocenters. The number of hydrogen-bond donors (Lipinski definition) is 1. The zero-order valence-electron chi connectivity index (χ0n) is 11.7. The molecule has 0 radical (unpaired) electrons. The van der Waals surface area contributed by atoms with Crippen LogP contribution in [0.25, 0.3) is 0 Å². The Hall–Kier alpha value is -2.24. The third-order valence-electron chi connectivity index (χ3n) is 3.04. The van der Waals surface area contributed by atoms with Gasteiger partial charge in [-0.2, -0.15) is 0 Å². The van der Waals surface area contributed by atoms with Crippen LogP contribution in [0.4, 0.5) is 0 Å². The van der Waals surface area contributed by atoms with Crippen LogP contribution in [-0.2, 0) is 13.0 Å². The van der Waals surface area contributed by atoms with Crippen LogP contribution in [0.1, 0.15) is 23.6 Å². The van der Waals surface area contributed by atoms with Gasteiger partial charge in [-0.3, -0.25) is 0 Å². The molecule has 0 aliphatic carbocycles. The summed E-state index contributed by atoms with van der Waals surface area (Å²) >= 11 is 0. The first-order valence-electron chi connectivity index (χ1n) is 6.82. The highest BCUT2D eigenvalue weighted by Crippen LogP contribution is 2.16. The van der Waals surface area contributed by atoms with Gasteiger partial charge in [0.1, 0.15) is 12.4 Å². The fourth-order valence-corrected chi connectivity index (χ4v) is 1.93. The van der Waals surface area contributed by atoms with Crippen molar-refractivity contribution in [2.75, 3.05) is 6.54 Å². The van der Waals surface area contributed by atoms with E-state index in [4.69, 9.17) is 10.5 Å². The second-order valence-corrected chi connectivity index (χ2v) is 4.45. The summed E-state index contributed by atoms with van der Waals surface area (Å²) in [5.41, 5.74) is 8.75. The predicted octanol–water partition coefficient (Wildman–Crippen LogP) is 3.14. The molecule has 0 aromatic heterocycles. The minimum absolute atomic E-state index is 0.369. The number of ether oxygens (including phenoxy) is 1. The van der Waals surface area contributed by atoms with Crippen molar-refractivity contribution >= 4 is 0 Å². The molecule has 0 saturated carbocycles. The van der Waals surface area contributed by atoms with E-state index in [1.807, 2.05) is 36.4 Å². The molecule has 0 heterocycles. The van der Waals surface area contributed by atoms with E-state index in [0.717, 1.165) is 23.3 Å². The molecule has 0 aliphatic heterocycles. The summed E-state index contributed by atoms with van der Waals surface area (Å²) in [4.78, 5) is 0. The standard InChI is InChI=1S/C18H19NO/c1-2-15-7-5-11-18(13-15)20-14-17-9-4-3-8-16(17)10-6-12-19/h3-5,7-9,11,13H,2,12,14,19H2,1H3. The second-order valence-electron chi connectivity index (χ2n) is 4.45. The lowest BCUT2D eigenvalue weighted by Crippen LogP contribution is -1.99. The average molecular weight is 265 g/mol. The van der Waals surface area contributed by atoms with Gasteiger partial charge in [0.05, 0.1) is 6.54 Å². The molecule has 2 heteroatoms. The van der Waals surface area contributed by atoms with E-state index < -0.39 is 0 Å². The fraction of sp³-hybridized carbons (Fsp3) is 0.222. The summed E-state index contributed by atoms with van der Waals surface area (Å²) in [6.07, 6.45) is 1.01. The summed E-state index contributed by atoms with van der Waals surface area (Å²) in [6, 6.07) is 16.2. The van der Waals surface area contributed by atoms with Crippen molar-refractivity contribution in [2.24, 2.45) is 5.73 Å². The smallest absolute Gasteiger partial charge is 0.120 e. The van der Waals surface area contributed by atoms with Crippen molar-refractivity contribution in [1.29, 1.82) is 0 Å². The van der Waals surface area contributed by atoms with Crippen LogP contribution >= 0.6 is 0 Å². The van der Waals surface area contributed by atoms with Crippen LogP contribution in [0.2, 0.25) is 0 Å². The molecule has 0 fully saturated rings. The van der Waals surface area contributed by atoms with Gasteiger partial charge in [-0.05, 0) is 30.2 Å². The summed E-state index contributed by atoms with van der Waals surface area (Å²) < 4.78 is 5.86. The molecule has 2 aromatic carbocycles. The van der Waals surface area contributed by atoms with Gasteiger partial charge in [0.15, 0.2) is 0 Å². The van der Waals surface area contributed by atoms with Crippen molar-refractivity contribution < 1.29 is 4.74 Å². The molecular formula is C18H19NO. The highest BCUT2D eigenvalue weighted by Gasteiger charge is 2.01. The van der Waals surface area contributed by atoms with Gasteiger partial charge < -0.3 is 10.5 Å². The van der Waals surface area contributed by atoms with Gasteiger partial charge in [0.2, 0.25) is 0 Å². The SMILES string of the molecule is CCc1cccc(OCc2ccccc2C#CCN)c1. The maximum atomic E-state index is 5.86. The van der Waals surface area contributed by atoms with Crippen molar-refractivity contribution in [1.82, 2.24) is 0 Å². The molecule has 102 valence electrons. The Kier molecular flexibility index (Phi) is 5.23. The molecule has 2 aromatic rings. The fourth-order valence-electron chi connectivity index (χ4n) is 1.93. The Morgan fingerprint density at radius 2 is 1.95 bits per heavy atom. The van der Waals surface area contributed by atoms with E-state index in [0.29, 0.717) is 13.2 Å². The Morgan fingerprint density at radius 3 is 2.75 bits per heavy atom. The molecule has 0 unspecified atom stereocenters. The number of hydrogen-bond acceptors (Lipinski definition) is 2. The van der Waals surface area contributed by atoms with Crippen LogP contribution in [0.3, 0.4) is 0 Å². The van der Waals surface area contributed by atoms with E-state index >= 15 is 0 Å². The zero-order chi connectivity index (χ0) is 14.2. The minimum Gasteiger partial charge on any atom is -0.489 e. The van der Waals surface area contributed by atoms with Gasteiger partial charge in [0.25, 0.3) is 0 Å². The number of aryl methyl sites for hydroxylation is 1. The van der Waals surface area contributed by atoms with Crippen molar-refractivity contribution in [3.8, 4) is 17.6 Å². The van der Waals surface area contributed by atoms with Crippen molar-refractivity contribution in [3.63, 3.8) is 0 Å². The van der Waals surface area contributed by atoms with Crippen LogP contribution in [0.5, 0.6) is 5.75 Å². The highest BCUT2D eigenvalue weighted by molar-refractivity contribution is 5.41. The lowest BCUT2D eigenvalue weighted by atomic mass is 10.1. The number of nitrogens with two attached hydrogens (primary N) is 1. The third-order valence-corrected chi connectivity index (χ3v) is 3.04. The first kappa shape index (κ1) is 14.2. The largest absolute Gasteiger partial charge is 0.489 e. The van der Waals surface area contributed by atoms with Crippen LogP contribution in [0, 0.1) is 11.8 Å². The summed E-state index contributed by atoms with van der Waals surface area (Å²) in [5.74, 6) is 6.85. The molecule has 0 aliphatic rings. The lowest BCUT2D eigenvalue weighted by Gasteiger charge is -2.09. The van der Waals surface area contributed by atoms with E-state index in [2.05, 4.69) is 30.9 Å². The highest BCUT2D eigenvalue weighted by atomic mass is 16.5. The quantitative estimate of drug-likeness (QED) is 0.862. The summed E-state index contributed by atoms with van der Waals surface area (Å²) in [5, 5.41) is 0. The maximum absolute atomic E-state index is 5.86. The average Bonchev–Trinajstić information content (AvgIpc) is 2.52. The minimum atomic E-state index is 0.369. The van der Waals surface area contributed by atoms with Crippen molar-refractivity contribution in [3.05, 3.63) is 65.2 Å². The third kappa shape index (κ3) is 3.88. The Balaban J connectivity index is 2.10. The van der Waals surface area contributed by atoms with Gasteiger partial charge in [-0.25, -0.2) is 0 Å². The van der Waals surface area contributed by atoms with Crippen molar-refractivity contribution in [2.45, 2.75) is 20.0 Å². The Morgan fingerprint density at radius 1 is 1.10 bits per heavy atom. The van der Waals surface area contributed by atoms with Gasteiger partial charge in [0, 0.05) is 11.1 Å². The van der Waals surface area contributed by atoms with E-state index in [1.54, 1.807) is 0 Å². The Labute approximate surface area is 120 Å². The molecule has 2 nitrogen and oxygen atoms in total. The number of benzene rings is 2. The van der Waals surface area contributed by atoms with Crippen LogP contribution in [0.15, 0.2) is 48.5 Å². The monoisotopic (exact) mass is 265 g/mol. The zero-order valence-corrected chi connectivity index (χ0v) is 11.7. The predicted molar refractivity (Wildman–Crippen MR) is 82.5 cm³/mol. The molecule has 0 saturated heterocycles. The first-order chi connectivity index (χ1) is 9.83. The number of rotatable bonds is 4. The molecule has 0 bridgehead atoms. The molecule has 0 amide bonds. The van der Waals surface area contributed by atoms with Gasteiger partial charge >= 0.3 is 0 Å². The molecular weight excluding hydrogens is 246 g/mol. The topological polar surface area (TPSA) is 35.2 Å². The summed E-state index contributed by atoms with van der Waals surface area (Å²) in [7, 11) is 0. The molecule has 2 rings (SSSR count). The van der Waals surface area contributed by atoms with E-state index in [9.17, 15) is 0 Å². The lowest BCUT2D eigenvalue weighted by molar-refractivity contribution is 0.305. The molecule has 0 spiro atoms. The van der Waals surface area contributed by atoms with Crippen LogP contribution in [-0.4, -0.2) is 6.54 Å². The summed E-state index contributed by atoms with van der Waals surface area (Å²) in [6.45, 7) is 3.02. The van der Waals surface area contributed by atoms with Gasteiger partial charge in [-0.1, -0.05) is 49.1 Å². The van der Waals surface area contributed by atoms with Gasteiger partial charge in [-0.15, -0.1) is 0 Å².